The Labute approximate surface area is 319 Å². The van der Waals surface area contributed by atoms with Gasteiger partial charge in [-0.25, -0.2) is 0 Å². The van der Waals surface area contributed by atoms with E-state index in [2.05, 4.69) is 103 Å². The number of fused-ring (bicyclic) bond motifs is 1. The topological polar surface area (TPSA) is 36.9 Å². The van der Waals surface area contributed by atoms with Gasteiger partial charge in [-0.05, 0) is 122 Å². The molecule has 0 radical (unpaired) electrons. The Morgan fingerprint density at radius 3 is 1.98 bits per heavy atom. The van der Waals surface area contributed by atoms with Crippen molar-refractivity contribution in [2.45, 2.75) is 186 Å². The van der Waals surface area contributed by atoms with Crippen molar-refractivity contribution in [3.05, 3.63) is 35.5 Å². The monoisotopic (exact) mass is 796 g/mol. The Hall–Kier alpha value is -0.926. The molecule has 4 nitrogen and oxygen atoms in total. The van der Waals surface area contributed by atoms with E-state index in [9.17, 15) is 26.3 Å². The molecule has 0 aromatic rings. The lowest BCUT2D eigenvalue weighted by atomic mass is 9.60. The van der Waals surface area contributed by atoms with Gasteiger partial charge in [-0.3, -0.25) is 0 Å². The zero-order valence-electron chi connectivity index (χ0n) is 34.9. The Morgan fingerprint density at radius 2 is 1.45 bits per heavy atom. The second kappa shape index (κ2) is 16.5. The fourth-order valence-electron chi connectivity index (χ4n) is 8.69. The predicted octanol–water partition coefficient (Wildman–Crippen LogP) is 13.5. The van der Waals surface area contributed by atoms with E-state index in [-0.39, 0.29) is 52.4 Å². The highest BCUT2D eigenvalue weighted by Crippen LogP contribution is 2.60. The molecule has 308 valence electrons. The smallest absolute Gasteiger partial charge is 0.413 e. The van der Waals surface area contributed by atoms with E-state index in [0.29, 0.717) is 5.92 Å². The Kier molecular flexibility index (Phi) is 14.5. The van der Waals surface area contributed by atoms with E-state index in [1.807, 2.05) is 6.92 Å². The molecule has 0 aromatic carbocycles. The highest BCUT2D eigenvalue weighted by Gasteiger charge is 2.72. The van der Waals surface area contributed by atoms with Crippen LogP contribution in [0.25, 0.3) is 0 Å². The third-order valence-electron chi connectivity index (χ3n) is 14.0. The van der Waals surface area contributed by atoms with Crippen LogP contribution in [0, 0.1) is 23.2 Å². The van der Waals surface area contributed by atoms with Crippen LogP contribution in [0.3, 0.4) is 0 Å². The molecule has 0 saturated heterocycles. The van der Waals surface area contributed by atoms with E-state index in [0.717, 1.165) is 57.6 Å². The first-order valence-electron chi connectivity index (χ1n) is 19.6. The van der Waals surface area contributed by atoms with Crippen LogP contribution in [0.1, 0.15) is 120 Å². The van der Waals surface area contributed by atoms with Gasteiger partial charge in [-0.2, -0.15) is 26.3 Å². The molecule has 3 aliphatic carbocycles. The zero-order chi connectivity index (χ0) is 40.6. The molecule has 0 N–H and O–H groups in total. The quantitative estimate of drug-likeness (QED) is 0.106. The van der Waals surface area contributed by atoms with Crippen LogP contribution in [0.5, 0.6) is 0 Å². The van der Waals surface area contributed by atoms with Gasteiger partial charge in [0.1, 0.15) is 6.79 Å². The molecular formula is C41H70F6O4Si2. The fourth-order valence-corrected chi connectivity index (χ4v) is 11.4. The van der Waals surface area contributed by atoms with Gasteiger partial charge in [-0.1, -0.05) is 86.1 Å². The van der Waals surface area contributed by atoms with Crippen LogP contribution in [0.15, 0.2) is 35.5 Å². The molecule has 12 heteroatoms. The van der Waals surface area contributed by atoms with Gasteiger partial charge in [0.05, 0.1) is 12.2 Å². The number of methoxy groups -OCH3 is 1. The maximum Gasteiger partial charge on any atom is 0.426 e. The van der Waals surface area contributed by atoms with E-state index < -0.39 is 47.8 Å². The molecule has 3 rings (SSSR count). The van der Waals surface area contributed by atoms with Gasteiger partial charge < -0.3 is 18.3 Å². The molecule has 0 amide bonds. The average Bonchev–Trinajstić information content (AvgIpc) is 3.34. The van der Waals surface area contributed by atoms with Gasteiger partial charge in [0.15, 0.2) is 16.6 Å². The number of halogens is 6. The van der Waals surface area contributed by atoms with Gasteiger partial charge in [-0.15, -0.1) is 0 Å². The number of hydrogen-bond donors (Lipinski definition) is 0. The van der Waals surface area contributed by atoms with Gasteiger partial charge in [0.2, 0.25) is 0 Å². The van der Waals surface area contributed by atoms with Crippen LogP contribution in [-0.2, 0) is 18.3 Å². The average molecular weight is 797 g/mol. The summed E-state index contributed by atoms with van der Waals surface area (Å²) in [7, 11) is -3.15. The van der Waals surface area contributed by atoms with Crippen molar-refractivity contribution in [3.63, 3.8) is 0 Å². The first-order valence-corrected chi connectivity index (χ1v) is 25.5. The zero-order valence-corrected chi connectivity index (χ0v) is 36.9. The van der Waals surface area contributed by atoms with E-state index in [4.69, 9.17) is 8.85 Å². The molecule has 0 spiro atoms. The number of hydrogen-bond acceptors (Lipinski definition) is 4. The van der Waals surface area contributed by atoms with Crippen LogP contribution in [-0.4, -0.2) is 60.7 Å². The Balaban J connectivity index is 1.85. The summed E-state index contributed by atoms with van der Waals surface area (Å²) in [6.07, 6.45) is -1.59. The summed E-state index contributed by atoms with van der Waals surface area (Å²) in [4.78, 5) is 0. The summed E-state index contributed by atoms with van der Waals surface area (Å²) in [6.45, 7) is 30.5. The van der Waals surface area contributed by atoms with E-state index in [1.54, 1.807) is 0 Å². The molecule has 0 aromatic heterocycles. The lowest BCUT2D eigenvalue weighted by Crippen LogP contribution is -2.59. The Bertz CT molecular complexity index is 1310. The van der Waals surface area contributed by atoms with Gasteiger partial charge >= 0.3 is 12.4 Å². The second-order valence-electron chi connectivity index (χ2n) is 19.6. The summed E-state index contributed by atoms with van der Waals surface area (Å²) < 4.78 is 106. The number of ether oxygens (including phenoxy) is 2. The molecule has 0 heterocycles. The molecule has 0 unspecified atom stereocenters. The van der Waals surface area contributed by atoms with E-state index in [1.165, 1.54) is 11.1 Å². The molecule has 6 atom stereocenters. The fraction of sp³-hybridized carbons (Fsp3) is 0.854. The summed E-state index contributed by atoms with van der Waals surface area (Å²) in [6, 6.07) is 0. The summed E-state index contributed by atoms with van der Waals surface area (Å²) in [5.41, 5.74) is -0.755. The van der Waals surface area contributed by atoms with Crippen molar-refractivity contribution in [2.75, 3.05) is 13.9 Å². The van der Waals surface area contributed by atoms with E-state index >= 15 is 0 Å². The summed E-state index contributed by atoms with van der Waals surface area (Å²) in [5, 5.41) is 0.121. The molecule has 53 heavy (non-hydrogen) atoms. The van der Waals surface area contributed by atoms with Crippen molar-refractivity contribution in [3.8, 4) is 0 Å². The lowest BCUT2D eigenvalue weighted by Gasteiger charge is -2.46. The predicted molar refractivity (Wildman–Crippen MR) is 208 cm³/mol. The van der Waals surface area contributed by atoms with Gasteiger partial charge in [0.25, 0.3) is 5.60 Å². The highest BCUT2D eigenvalue weighted by molar-refractivity contribution is 6.74. The molecule has 3 saturated carbocycles. The standard InChI is InChI=1S/C41H70F6O4Si2/c1-28(17-15-24-39(40(42,43)44,41(45,46)47)49-27-48-10)33-21-22-34-30(18-16-23-38(33,34)9)19-20-31-25-32(50-52(11,12)36(3,4)5)26-35(29(31)2)51-53(13,14)37(6,7)8/h19-20,28,32-35H,2,15-18,21-27H2,1,3-14H3/b30-19+,31-20-/t28-,32-,33-,34+,35+,38-/m1/s1. The third kappa shape index (κ3) is 10.2. The Morgan fingerprint density at radius 1 is 0.887 bits per heavy atom. The SMILES string of the molecule is C=C1/C(=C\C=C2/CCC[C@]3(C)[C@@H]([C@H](C)CCCC(OCOC)(C(F)(F)F)C(F)(F)F)CC[C@@H]23)C[C@@H](O[Si](C)(C)C(C)(C)C)C[C@@H]1O[Si](C)(C)C(C)(C)C. The van der Waals surface area contributed by atoms with Crippen molar-refractivity contribution in [1.29, 1.82) is 0 Å². The largest absolute Gasteiger partial charge is 0.426 e. The first-order chi connectivity index (χ1) is 23.9. The minimum Gasteiger partial charge on any atom is -0.413 e. The maximum absolute atomic E-state index is 13.9. The van der Waals surface area contributed by atoms with Gasteiger partial charge in [0, 0.05) is 13.5 Å². The van der Waals surface area contributed by atoms with Crippen LogP contribution < -0.4 is 0 Å². The van der Waals surface area contributed by atoms with Crippen molar-refractivity contribution < 1.29 is 44.7 Å². The molecule has 0 aliphatic heterocycles. The molecule has 3 fully saturated rings. The lowest BCUT2D eigenvalue weighted by molar-refractivity contribution is -0.394. The minimum atomic E-state index is -5.62. The number of allylic oxidation sites excluding steroid dienone is 3. The van der Waals surface area contributed by atoms with Crippen LogP contribution >= 0.6 is 0 Å². The normalized spacial score (nSPS) is 29.2. The van der Waals surface area contributed by atoms with Crippen molar-refractivity contribution >= 4 is 16.6 Å². The summed E-state index contributed by atoms with van der Waals surface area (Å²) in [5.74, 6) is 0.471. The van der Waals surface area contributed by atoms with Crippen molar-refractivity contribution in [1.82, 2.24) is 0 Å². The molecular weight excluding hydrogens is 727 g/mol. The maximum atomic E-state index is 13.9. The summed E-state index contributed by atoms with van der Waals surface area (Å²) >= 11 is 0. The number of rotatable bonds is 13. The minimum absolute atomic E-state index is 0.0301. The first kappa shape index (κ1) is 46.5. The molecule has 3 aliphatic rings. The van der Waals surface area contributed by atoms with Crippen molar-refractivity contribution in [2.24, 2.45) is 23.2 Å². The molecule has 0 bridgehead atoms. The third-order valence-corrected chi connectivity index (χ3v) is 23.0. The second-order valence-corrected chi connectivity index (χ2v) is 29.1. The van der Waals surface area contributed by atoms with Crippen LogP contribution in [0.4, 0.5) is 26.3 Å². The number of alkyl halides is 6. The highest BCUT2D eigenvalue weighted by atomic mass is 28.4. The van der Waals surface area contributed by atoms with Crippen LogP contribution in [0.2, 0.25) is 36.3 Å².